The Morgan fingerprint density at radius 2 is 2.12 bits per heavy atom. The third-order valence-electron chi connectivity index (χ3n) is 4.67. The average Bonchev–Trinajstić information content (AvgIpc) is 3.07. The highest BCUT2D eigenvalue weighted by atomic mass is 16.5. The SMILES string of the molecule is Cc1cc(-c2ccn(C)n2)nc2ccc(OCC3CCCCO3)cc12. The Labute approximate surface area is 147 Å². The maximum atomic E-state index is 5.96. The van der Waals surface area contributed by atoms with Crippen LogP contribution in [0.2, 0.25) is 0 Å². The first-order chi connectivity index (χ1) is 12.2. The predicted octanol–water partition coefficient (Wildman–Crippen LogP) is 3.89. The van der Waals surface area contributed by atoms with E-state index in [9.17, 15) is 0 Å². The second-order valence-electron chi connectivity index (χ2n) is 6.68. The van der Waals surface area contributed by atoms with Gasteiger partial charge in [0, 0.05) is 25.2 Å². The molecule has 0 aliphatic carbocycles. The molecule has 0 bridgehead atoms. The largest absolute Gasteiger partial charge is 0.491 e. The fraction of sp³-hybridized carbons (Fsp3) is 0.400. The number of hydrogen-bond acceptors (Lipinski definition) is 4. The topological polar surface area (TPSA) is 49.2 Å². The van der Waals surface area contributed by atoms with Crippen LogP contribution >= 0.6 is 0 Å². The monoisotopic (exact) mass is 337 g/mol. The minimum atomic E-state index is 0.218. The molecule has 0 radical (unpaired) electrons. The van der Waals surface area contributed by atoms with Crippen LogP contribution in [-0.4, -0.2) is 34.1 Å². The van der Waals surface area contributed by atoms with Gasteiger partial charge in [-0.1, -0.05) is 0 Å². The van der Waals surface area contributed by atoms with Crippen molar-refractivity contribution in [3.05, 3.63) is 42.1 Å². The predicted molar refractivity (Wildman–Crippen MR) is 97.8 cm³/mol. The molecule has 3 heterocycles. The van der Waals surface area contributed by atoms with Crippen LogP contribution in [0.25, 0.3) is 22.3 Å². The molecule has 130 valence electrons. The lowest BCUT2D eigenvalue weighted by atomic mass is 10.1. The fourth-order valence-electron chi connectivity index (χ4n) is 3.27. The molecular weight excluding hydrogens is 314 g/mol. The summed E-state index contributed by atoms with van der Waals surface area (Å²) in [5.41, 5.74) is 3.92. The zero-order valence-corrected chi connectivity index (χ0v) is 14.7. The van der Waals surface area contributed by atoms with Crippen LogP contribution in [0.1, 0.15) is 24.8 Å². The second-order valence-corrected chi connectivity index (χ2v) is 6.68. The van der Waals surface area contributed by atoms with Crippen LogP contribution in [0.15, 0.2) is 36.5 Å². The number of ether oxygens (including phenoxy) is 2. The summed E-state index contributed by atoms with van der Waals surface area (Å²) in [5.74, 6) is 0.872. The van der Waals surface area contributed by atoms with Crippen molar-refractivity contribution in [2.75, 3.05) is 13.2 Å². The van der Waals surface area contributed by atoms with Crippen molar-refractivity contribution in [1.82, 2.24) is 14.8 Å². The fourth-order valence-corrected chi connectivity index (χ4v) is 3.27. The average molecular weight is 337 g/mol. The van der Waals surface area contributed by atoms with Crippen molar-refractivity contribution in [2.45, 2.75) is 32.3 Å². The Morgan fingerprint density at radius 1 is 1.20 bits per heavy atom. The Balaban J connectivity index is 1.57. The summed E-state index contributed by atoms with van der Waals surface area (Å²) in [6.07, 6.45) is 5.62. The first kappa shape index (κ1) is 16.1. The molecule has 1 fully saturated rings. The lowest BCUT2D eigenvalue weighted by molar-refractivity contribution is -0.0110. The summed E-state index contributed by atoms with van der Waals surface area (Å²) in [6.45, 7) is 3.57. The van der Waals surface area contributed by atoms with Gasteiger partial charge in [0.15, 0.2) is 0 Å². The second kappa shape index (κ2) is 6.84. The van der Waals surface area contributed by atoms with Gasteiger partial charge in [-0.05, 0) is 62.1 Å². The lowest BCUT2D eigenvalue weighted by Crippen LogP contribution is -2.25. The van der Waals surface area contributed by atoms with Crippen molar-refractivity contribution in [2.24, 2.45) is 7.05 Å². The number of aryl methyl sites for hydroxylation is 2. The highest BCUT2D eigenvalue weighted by Crippen LogP contribution is 2.27. The van der Waals surface area contributed by atoms with E-state index in [1.807, 2.05) is 31.4 Å². The molecule has 1 aliphatic heterocycles. The molecule has 2 aromatic heterocycles. The summed E-state index contributed by atoms with van der Waals surface area (Å²) in [6, 6.07) is 10.1. The number of hydrogen-bond donors (Lipinski definition) is 0. The van der Waals surface area contributed by atoms with E-state index in [0.29, 0.717) is 6.61 Å². The molecule has 3 aromatic rings. The number of rotatable bonds is 4. The smallest absolute Gasteiger partial charge is 0.120 e. The van der Waals surface area contributed by atoms with Gasteiger partial charge >= 0.3 is 0 Å². The van der Waals surface area contributed by atoms with Gasteiger partial charge in [-0.2, -0.15) is 5.10 Å². The molecule has 0 saturated carbocycles. The molecule has 1 atom stereocenters. The number of aromatic nitrogens is 3. The van der Waals surface area contributed by atoms with Crippen molar-refractivity contribution in [1.29, 1.82) is 0 Å². The van der Waals surface area contributed by atoms with Gasteiger partial charge in [-0.15, -0.1) is 0 Å². The first-order valence-corrected chi connectivity index (χ1v) is 8.85. The molecule has 1 saturated heterocycles. The summed E-state index contributed by atoms with van der Waals surface area (Å²) >= 11 is 0. The zero-order chi connectivity index (χ0) is 17.2. The van der Waals surface area contributed by atoms with Crippen molar-refractivity contribution < 1.29 is 9.47 Å². The number of pyridine rings is 1. The van der Waals surface area contributed by atoms with Crippen LogP contribution in [0, 0.1) is 6.92 Å². The van der Waals surface area contributed by atoms with Gasteiger partial charge in [0.05, 0.1) is 17.3 Å². The van der Waals surface area contributed by atoms with E-state index in [0.717, 1.165) is 47.5 Å². The van der Waals surface area contributed by atoms with Crippen LogP contribution in [-0.2, 0) is 11.8 Å². The van der Waals surface area contributed by atoms with Gasteiger partial charge in [-0.3, -0.25) is 4.68 Å². The summed E-state index contributed by atoms with van der Waals surface area (Å²) < 4.78 is 13.5. The standard InChI is InChI=1S/C20H23N3O2/c1-14-11-20(19-8-9-23(2)22-19)21-18-7-6-15(12-17(14)18)25-13-16-5-3-4-10-24-16/h6-9,11-12,16H,3-5,10,13H2,1-2H3. The minimum absolute atomic E-state index is 0.218. The molecule has 0 spiro atoms. The Bertz CT molecular complexity index is 882. The van der Waals surface area contributed by atoms with Gasteiger partial charge in [0.2, 0.25) is 0 Å². The van der Waals surface area contributed by atoms with E-state index in [-0.39, 0.29) is 6.10 Å². The highest BCUT2D eigenvalue weighted by Gasteiger charge is 2.15. The van der Waals surface area contributed by atoms with E-state index in [4.69, 9.17) is 14.5 Å². The summed E-state index contributed by atoms with van der Waals surface area (Å²) in [5, 5.41) is 5.56. The van der Waals surface area contributed by atoms with E-state index in [2.05, 4.69) is 24.2 Å². The molecular formula is C20H23N3O2. The van der Waals surface area contributed by atoms with Gasteiger partial charge < -0.3 is 9.47 Å². The van der Waals surface area contributed by atoms with E-state index < -0.39 is 0 Å². The molecule has 5 nitrogen and oxygen atoms in total. The van der Waals surface area contributed by atoms with Crippen LogP contribution in [0.4, 0.5) is 0 Å². The third-order valence-corrected chi connectivity index (χ3v) is 4.67. The number of nitrogens with zero attached hydrogens (tertiary/aromatic N) is 3. The molecule has 4 rings (SSSR count). The normalized spacial score (nSPS) is 17.8. The van der Waals surface area contributed by atoms with Crippen LogP contribution < -0.4 is 4.74 Å². The molecule has 25 heavy (non-hydrogen) atoms. The molecule has 1 aliphatic rings. The summed E-state index contributed by atoms with van der Waals surface area (Å²) in [4.78, 5) is 4.75. The first-order valence-electron chi connectivity index (χ1n) is 8.85. The maximum Gasteiger partial charge on any atom is 0.120 e. The molecule has 0 N–H and O–H groups in total. The lowest BCUT2D eigenvalue weighted by Gasteiger charge is -2.22. The molecule has 5 heteroatoms. The van der Waals surface area contributed by atoms with Crippen LogP contribution in [0.3, 0.4) is 0 Å². The molecule has 1 unspecified atom stereocenters. The van der Waals surface area contributed by atoms with Gasteiger partial charge in [-0.25, -0.2) is 4.98 Å². The molecule has 1 aromatic carbocycles. The highest BCUT2D eigenvalue weighted by molar-refractivity contribution is 5.85. The number of fused-ring (bicyclic) bond motifs is 1. The van der Waals surface area contributed by atoms with E-state index >= 15 is 0 Å². The quantitative estimate of drug-likeness (QED) is 0.725. The summed E-state index contributed by atoms with van der Waals surface area (Å²) in [7, 11) is 1.91. The Kier molecular flexibility index (Phi) is 4.40. The van der Waals surface area contributed by atoms with E-state index in [1.165, 1.54) is 12.0 Å². The Morgan fingerprint density at radius 3 is 2.88 bits per heavy atom. The van der Waals surface area contributed by atoms with Gasteiger partial charge in [0.25, 0.3) is 0 Å². The van der Waals surface area contributed by atoms with E-state index in [1.54, 1.807) is 4.68 Å². The van der Waals surface area contributed by atoms with Crippen molar-refractivity contribution in [3.8, 4) is 17.1 Å². The Hall–Kier alpha value is -2.40. The van der Waals surface area contributed by atoms with Crippen molar-refractivity contribution >= 4 is 10.9 Å². The third kappa shape index (κ3) is 3.51. The number of benzene rings is 1. The van der Waals surface area contributed by atoms with Crippen LogP contribution in [0.5, 0.6) is 5.75 Å². The minimum Gasteiger partial charge on any atom is -0.491 e. The van der Waals surface area contributed by atoms with Crippen molar-refractivity contribution in [3.63, 3.8) is 0 Å². The zero-order valence-electron chi connectivity index (χ0n) is 14.7. The maximum absolute atomic E-state index is 5.96. The van der Waals surface area contributed by atoms with Gasteiger partial charge in [0.1, 0.15) is 18.1 Å². The molecule has 0 amide bonds.